The molecule has 2 atom stereocenters. The summed E-state index contributed by atoms with van der Waals surface area (Å²) in [7, 11) is 0. The fraction of sp³-hybridized carbons (Fsp3) is 0.667. The Hall–Kier alpha value is -1.20. The van der Waals surface area contributed by atoms with Crippen molar-refractivity contribution in [2.45, 2.75) is 44.5 Å². The summed E-state index contributed by atoms with van der Waals surface area (Å²) >= 11 is 0. The van der Waals surface area contributed by atoms with Crippen LogP contribution in [0.2, 0.25) is 0 Å². The van der Waals surface area contributed by atoms with Crippen LogP contribution in [0, 0.1) is 0 Å². The van der Waals surface area contributed by atoms with Crippen molar-refractivity contribution in [3.63, 3.8) is 0 Å². The Morgan fingerprint density at radius 2 is 2.35 bits per heavy atom. The molecule has 94 valence electrons. The summed E-state index contributed by atoms with van der Waals surface area (Å²) in [5.41, 5.74) is 0.346. The second kappa shape index (κ2) is 5.42. The molecule has 0 bridgehead atoms. The molecule has 2 unspecified atom stereocenters. The van der Waals surface area contributed by atoms with Gasteiger partial charge in [-0.25, -0.2) is 0 Å². The maximum absolute atomic E-state index is 11.5. The molecular weight excluding hydrogens is 224 g/mol. The number of hydrogen-bond donors (Lipinski definition) is 1. The monoisotopic (exact) mass is 240 g/mol. The van der Waals surface area contributed by atoms with E-state index in [0.717, 1.165) is 19.3 Å². The number of ether oxygens (including phenoxy) is 2. The second-order valence-corrected chi connectivity index (χ2v) is 4.36. The Morgan fingerprint density at radius 1 is 1.53 bits per heavy atom. The van der Waals surface area contributed by atoms with E-state index in [1.165, 1.54) is 0 Å². The Labute approximate surface area is 99.4 Å². The third-order valence-corrected chi connectivity index (χ3v) is 2.94. The average molecular weight is 240 g/mol. The molecule has 5 nitrogen and oxygen atoms in total. The van der Waals surface area contributed by atoms with Crippen LogP contribution in [-0.2, 0) is 19.1 Å². The van der Waals surface area contributed by atoms with Crippen LogP contribution in [0.1, 0.15) is 32.1 Å². The summed E-state index contributed by atoms with van der Waals surface area (Å²) in [6.07, 6.45) is 4.02. The van der Waals surface area contributed by atoms with Gasteiger partial charge in [0.05, 0.1) is 12.5 Å². The van der Waals surface area contributed by atoms with Crippen LogP contribution in [0.5, 0.6) is 0 Å². The van der Waals surface area contributed by atoms with Crippen LogP contribution in [0.3, 0.4) is 0 Å². The molecule has 1 saturated heterocycles. The summed E-state index contributed by atoms with van der Waals surface area (Å²) in [5.74, 6) is -1.12. The molecular formula is C12H16O5. The van der Waals surface area contributed by atoms with Gasteiger partial charge < -0.3 is 14.6 Å². The maximum atomic E-state index is 11.5. The number of carbonyl (C=O) groups excluding carboxylic acids is 1. The zero-order valence-electron chi connectivity index (χ0n) is 9.55. The maximum Gasteiger partial charge on any atom is 0.307 e. The lowest BCUT2D eigenvalue weighted by molar-refractivity contribution is -0.178. The van der Waals surface area contributed by atoms with Gasteiger partial charge in [0.1, 0.15) is 0 Å². The van der Waals surface area contributed by atoms with Crippen molar-refractivity contribution < 1.29 is 24.2 Å². The highest BCUT2D eigenvalue weighted by Gasteiger charge is 2.28. The lowest BCUT2D eigenvalue weighted by atomic mass is 10.1. The molecule has 2 aliphatic rings. The molecule has 1 heterocycles. The number of hydrogen-bond acceptors (Lipinski definition) is 4. The first-order valence-corrected chi connectivity index (χ1v) is 5.88. The van der Waals surface area contributed by atoms with Crippen LogP contribution in [0.15, 0.2) is 11.6 Å². The third-order valence-electron chi connectivity index (χ3n) is 2.94. The number of carbonyl (C=O) groups is 2. The molecule has 0 spiro atoms. The molecule has 0 radical (unpaired) electrons. The van der Waals surface area contributed by atoms with Crippen molar-refractivity contribution in [3.8, 4) is 0 Å². The van der Waals surface area contributed by atoms with E-state index in [0.29, 0.717) is 12.2 Å². The summed E-state index contributed by atoms with van der Waals surface area (Å²) < 4.78 is 11.0. The van der Waals surface area contributed by atoms with E-state index < -0.39 is 5.97 Å². The average Bonchev–Trinajstić information content (AvgIpc) is 2.59. The fourth-order valence-electron chi connectivity index (χ4n) is 2.11. The zero-order valence-corrected chi connectivity index (χ0v) is 9.55. The Balaban J connectivity index is 1.88. The number of ketones is 1. The van der Waals surface area contributed by atoms with E-state index >= 15 is 0 Å². The first-order chi connectivity index (χ1) is 8.15. The normalized spacial score (nSPS) is 29.2. The second-order valence-electron chi connectivity index (χ2n) is 4.36. The number of carboxylic acids is 1. The van der Waals surface area contributed by atoms with E-state index in [9.17, 15) is 9.59 Å². The quantitative estimate of drug-likeness (QED) is 0.801. The summed E-state index contributed by atoms with van der Waals surface area (Å²) in [6, 6.07) is 0. The van der Waals surface area contributed by atoms with E-state index in [1.54, 1.807) is 6.08 Å². The minimum absolute atomic E-state index is 0.131. The van der Waals surface area contributed by atoms with Gasteiger partial charge in [0.25, 0.3) is 0 Å². The van der Waals surface area contributed by atoms with Gasteiger partial charge in [-0.3, -0.25) is 9.59 Å². The smallest absolute Gasteiger partial charge is 0.307 e. The zero-order chi connectivity index (χ0) is 12.3. The van der Waals surface area contributed by atoms with E-state index in [1.807, 2.05) is 0 Å². The molecule has 0 saturated carbocycles. The Morgan fingerprint density at radius 3 is 3.00 bits per heavy atom. The number of aliphatic carboxylic acids is 1. The third kappa shape index (κ3) is 3.38. The van der Waals surface area contributed by atoms with Crippen LogP contribution >= 0.6 is 0 Å². The highest BCUT2D eigenvalue weighted by Crippen LogP contribution is 2.24. The molecule has 0 aromatic heterocycles. The van der Waals surface area contributed by atoms with Gasteiger partial charge in [-0.15, -0.1) is 0 Å². The van der Waals surface area contributed by atoms with Crippen molar-refractivity contribution in [2.75, 3.05) is 6.61 Å². The predicted octanol–water partition coefficient (Wildman–Crippen LogP) is 1.27. The highest BCUT2D eigenvalue weighted by atomic mass is 16.7. The molecule has 0 aromatic rings. The molecule has 2 rings (SSSR count). The molecule has 0 amide bonds. The van der Waals surface area contributed by atoms with E-state index in [-0.39, 0.29) is 31.0 Å². The SMILES string of the molecule is O=C(O)CC1=CC(OC2CCCCO2)CC1=O. The summed E-state index contributed by atoms with van der Waals surface area (Å²) in [4.78, 5) is 22.0. The molecule has 17 heavy (non-hydrogen) atoms. The first-order valence-electron chi connectivity index (χ1n) is 5.88. The van der Waals surface area contributed by atoms with E-state index in [2.05, 4.69) is 0 Å². The number of carboxylic acid groups (broad SMARTS) is 1. The summed E-state index contributed by atoms with van der Waals surface area (Å²) in [5, 5.41) is 8.64. The fourth-order valence-corrected chi connectivity index (χ4v) is 2.11. The summed E-state index contributed by atoms with van der Waals surface area (Å²) in [6.45, 7) is 0.691. The van der Waals surface area contributed by atoms with Gasteiger partial charge >= 0.3 is 5.97 Å². The van der Waals surface area contributed by atoms with Gasteiger partial charge in [0.2, 0.25) is 0 Å². The molecule has 1 fully saturated rings. The van der Waals surface area contributed by atoms with E-state index in [4.69, 9.17) is 14.6 Å². The van der Waals surface area contributed by atoms with Gasteiger partial charge in [0.15, 0.2) is 12.1 Å². The van der Waals surface area contributed by atoms with Crippen LogP contribution in [-0.4, -0.2) is 35.9 Å². The molecule has 1 N–H and O–H groups in total. The number of rotatable bonds is 4. The molecule has 5 heteroatoms. The molecule has 0 aromatic carbocycles. The lowest BCUT2D eigenvalue weighted by Crippen LogP contribution is -2.26. The molecule has 1 aliphatic heterocycles. The van der Waals surface area contributed by atoms with Crippen molar-refractivity contribution in [1.82, 2.24) is 0 Å². The highest BCUT2D eigenvalue weighted by molar-refractivity contribution is 6.01. The van der Waals surface area contributed by atoms with Gasteiger partial charge in [-0.05, 0) is 25.3 Å². The Bertz CT molecular complexity index is 341. The van der Waals surface area contributed by atoms with Crippen molar-refractivity contribution in [2.24, 2.45) is 0 Å². The minimum Gasteiger partial charge on any atom is -0.481 e. The van der Waals surface area contributed by atoms with Crippen molar-refractivity contribution in [3.05, 3.63) is 11.6 Å². The molecule has 1 aliphatic carbocycles. The lowest BCUT2D eigenvalue weighted by Gasteiger charge is -2.24. The Kier molecular flexibility index (Phi) is 3.91. The topological polar surface area (TPSA) is 72.8 Å². The predicted molar refractivity (Wildman–Crippen MR) is 58.4 cm³/mol. The van der Waals surface area contributed by atoms with Crippen molar-refractivity contribution >= 4 is 11.8 Å². The van der Waals surface area contributed by atoms with Crippen LogP contribution in [0.4, 0.5) is 0 Å². The van der Waals surface area contributed by atoms with Gasteiger partial charge in [-0.1, -0.05) is 0 Å². The van der Waals surface area contributed by atoms with Gasteiger partial charge in [0, 0.05) is 18.6 Å². The van der Waals surface area contributed by atoms with Crippen LogP contribution < -0.4 is 0 Å². The van der Waals surface area contributed by atoms with Crippen LogP contribution in [0.25, 0.3) is 0 Å². The largest absolute Gasteiger partial charge is 0.481 e. The van der Waals surface area contributed by atoms with Crippen molar-refractivity contribution in [1.29, 1.82) is 0 Å². The minimum atomic E-state index is -0.987. The van der Waals surface area contributed by atoms with Gasteiger partial charge in [-0.2, -0.15) is 0 Å². The standard InChI is InChI=1S/C12H16O5/c13-10-7-9(5-8(10)6-11(14)15)17-12-3-1-2-4-16-12/h5,9,12H,1-4,6-7H2,(H,14,15). The number of Topliss-reactive ketones (excluding diaryl/α,β-unsaturated/α-hetero) is 1. The first kappa shape index (κ1) is 12.3.